The maximum absolute atomic E-state index is 13.0. The number of sulfonamides is 1. The minimum Gasteiger partial charge on any atom is -0.507 e. The first-order valence-corrected chi connectivity index (χ1v) is 13.2. The van der Waals surface area contributed by atoms with Crippen LogP contribution in [0.1, 0.15) is 36.4 Å². The van der Waals surface area contributed by atoms with Gasteiger partial charge in [-0.1, -0.05) is 30.2 Å². The van der Waals surface area contributed by atoms with Crippen molar-refractivity contribution in [2.24, 2.45) is 0 Å². The summed E-state index contributed by atoms with van der Waals surface area (Å²) in [6.45, 7) is 1.32. The number of piperidine rings is 1. The Morgan fingerprint density at radius 2 is 1.66 bits per heavy atom. The second kappa shape index (κ2) is 10.5. The normalized spacial score (nSPS) is 21.0. The molecule has 2 fully saturated rings. The molecule has 1 amide bonds. The molecule has 186 valence electrons. The average molecular weight is 519 g/mol. The minimum absolute atomic E-state index is 0.0694. The zero-order valence-electron chi connectivity index (χ0n) is 19.3. The number of nitrogens with zero attached hydrogens (tertiary/aromatic N) is 2. The molecule has 2 aliphatic rings. The van der Waals surface area contributed by atoms with Gasteiger partial charge in [-0.15, -0.1) is 0 Å². The molecule has 2 aromatic carbocycles. The summed E-state index contributed by atoms with van der Waals surface area (Å²) in [6.07, 6.45) is 2.66. The van der Waals surface area contributed by atoms with Gasteiger partial charge in [-0.2, -0.15) is 4.31 Å². The fourth-order valence-corrected chi connectivity index (χ4v) is 6.13. The fraction of sp³-hybridized carbons (Fsp3) is 0.360. The Kier molecular flexibility index (Phi) is 7.61. The lowest BCUT2D eigenvalue weighted by Crippen LogP contribution is -2.35. The standard InChI is InChI=1S/C25H27ClN2O6S/c1-34-16-15-28-22(17-5-9-19(26)10-6-17)21(24(30)25(28)31)23(29)18-7-11-20(12-8-18)35(32,33)27-13-3-2-4-14-27/h5-12,22,29H,2-4,13-16H2,1H3. The number of rotatable bonds is 7. The molecule has 1 atom stereocenters. The third-order valence-electron chi connectivity index (χ3n) is 6.34. The summed E-state index contributed by atoms with van der Waals surface area (Å²) in [5.74, 6) is -1.93. The number of ketones is 1. The molecule has 8 nitrogen and oxygen atoms in total. The summed E-state index contributed by atoms with van der Waals surface area (Å²) in [5.41, 5.74) is 0.780. The molecule has 2 aromatic rings. The topological polar surface area (TPSA) is 104 Å². The Bertz CT molecular complexity index is 1240. The van der Waals surface area contributed by atoms with Crippen LogP contribution in [-0.4, -0.2) is 67.8 Å². The van der Waals surface area contributed by atoms with Gasteiger partial charge in [-0.05, 0) is 54.8 Å². The highest BCUT2D eigenvalue weighted by atomic mass is 35.5. The van der Waals surface area contributed by atoms with Crippen molar-refractivity contribution >= 4 is 39.1 Å². The van der Waals surface area contributed by atoms with Gasteiger partial charge in [0.15, 0.2) is 0 Å². The first-order valence-electron chi connectivity index (χ1n) is 11.4. The molecule has 1 unspecified atom stereocenters. The van der Waals surface area contributed by atoms with Crippen LogP contribution in [0.15, 0.2) is 59.0 Å². The third kappa shape index (κ3) is 4.99. The van der Waals surface area contributed by atoms with Crippen LogP contribution in [0.4, 0.5) is 0 Å². The van der Waals surface area contributed by atoms with Crippen molar-refractivity contribution in [1.29, 1.82) is 0 Å². The first kappa shape index (κ1) is 25.4. The van der Waals surface area contributed by atoms with E-state index in [0.717, 1.165) is 19.3 Å². The molecule has 2 heterocycles. The molecule has 2 saturated heterocycles. The molecule has 0 bridgehead atoms. The van der Waals surface area contributed by atoms with Crippen LogP contribution in [0.25, 0.3) is 5.76 Å². The van der Waals surface area contributed by atoms with Crippen LogP contribution >= 0.6 is 11.6 Å². The smallest absolute Gasteiger partial charge is 0.295 e. The van der Waals surface area contributed by atoms with Crippen molar-refractivity contribution in [3.63, 3.8) is 0 Å². The number of likely N-dealkylation sites (tertiary alicyclic amines) is 1. The predicted octanol–water partition coefficient (Wildman–Crippen LogP) is 3.58. The number of hydrogen-bond acceptors (Lipinski definition) is 6. The number of aliphatic hydroxyl groups is 1. The van der Waals surface area contributed by atoms with E-state index in [1.165, 1.54) is 40.6 Å². The number of aliphatic hydroxyl groups excluding tert-OH is 1. The molecule has 10 heteroatoms. The molecule has 2 aliphatic heterocycles. The number of Topliss-reactive ketones (excluding diaryl/α,β-unsaturated/α-hetero) is 1. The van der Waals surface area contributed by atoms with Crippen LogP contribution in [0.3, 0.4) is 0 Å². The lowest BCUT2D eigenvalue weighted by molar-refractivity contribution is -0.140. The number of ether oxygens (including phenoxy) is 1. The minimum atomic E-state index is -3.64. The maximum atomic E-state index is 13.0. The monoisotopic (exact) mass is 518 g/mol. The van der Waals surface area contributed by atoms with E-state index in [1.807, 2.05) is 0 Å². The molecule has 0 aromatic heterocycles. The molecular formula is C25H27ClN2O6S. The van der Waals surface area contributed by atoms with E-state index >= 15 is 0 Å². The van der Waals surface area contributed by atoms with E-state index in [1.54, 1.807) is 24.3 Å². The Hall–Kier alpha value is -2.72. The molecule has 0 saturated carbocycles. The summed E-state index contributed by atoms with van der Waals surface area (Å²) < 4.78 is 32.5. The summed E-state index contributed by atoms with van der Waals surface area (Å²) in [5, 5.41) is 11.6. The van der Waals surface area contributed by atoms with Crippen molar-refractivity contribution in [3.05, 3.63) is 70.3 Å². The number of carbonyl (C=O) groups excluding carboxylic acids is 2. The van der Waals surface area contributed by atoms with Crippen molar-refractivity contribution < 1.29 is 27.9 Å². The lowest BCUT2D eigenvalue weighted by Gasteiger charge is -2.26. The Morgan fingerprint density at radius 1 is 1.03 bits per heavy atom. The fourth-order valence-electron chi connectivity index (χ4n) is 4.49. The highest BCUT2D eigenvalue weighted by Crippen LogP contribution is 2.39. The zero-order chi connectivity index (χ0) is 25.2. The van der Waals surface area contributed by atoms with E-state index in [-0.39, 0.29) is 34.9 Å². The van der Waals surface area contributed by atoms with Crippen molar-refractivity contribution in [2.75, 3.05) is 33.4 Å². The van der Waals surface area contributed by atoms with Gasteiger partial charge in [-0.25, -0.2) is 8.42 Å². The van der Waals surface area contributed by atoms with E-state index in [9.17, 15) is 23.1 Å². The average Bonchev–Trinajstić information content (AvgIpc) is 3.13. The maximum Gasteiger partial charge on any atom is 0.295 e. The molecule has 0 aliphatic carbocycles. The summed E-state index contributed by atoms with van der Waals surface area (Å²) in [4.78, 5) is 27.3. The Balaban J connectivity index is 1.73. The zero-order valence-corrected chi connectivity index (χ0v) is 20.9. The molecular weight excluding hydrogens is 492 g/mol. The van der Waals surface area contributed by atoms with Gasteiger partial charge in [0.25, 0.3) is 11.7 Å². The second-order valence-electron chi connectivity index (χ2n) is 8.53. The van der Waals surface area contributed by atoms with Crippen LogP contribution in [0.2, 0.25) is 5.02 Å². The highest BCUT2D eigenvalue weighted by Gasteiger charge is 2.45. The van der Waals surface area contributed by atoms with Crippen molar-refractivity contribution in [1.82, 2.24) is 9.21 Å². The number of methoxy groups -OCH3 is 1. The third-order valence-corrected chi connectivity index (χ3v) is 8.51. The van der Waals surface area contributed by atoms with E-state index in [2.05, 4.69) is 0 Å². The van der Waals surface area contributed by atoms with Gasteiger partial charge >= 0.3 is 0 Å². The first-order chi connectivity index (χ1) is 16.8. The number of amides is 1. The van der Waals surface area contributed by atoms with Crippen molar-refractivity contribution in [3.8, 4) is 0 Å². The molecule has 35 heavy (non-hydrogen) atoms. The molecule has 0 radical (unpaired) electrons. The van der Waals surface area contributed by atoms with Gasteiger partial charge in [0.1, 0.15) is 5.76 Å². The number of benzene rings is 2. The van der Waals surface area contributed by atoms with Crippen LogP contribution in [0, 0.1) is 0 Å². The van der Waals surface area contributed by atoms with Crippen LogP contribution in [-0.2, 0) is 24.3 Å². The Labute approximate surface area is 209 Å². The van der Waals surface area contributed by atoms with Gasteiger partial charge in [0.05, 0.1) is 23.1 Å². The van der Waals surface area contributed by atoms with E-state index in [4.69, 9.17) is 16.3 Å². The largest absolute Gasteiger partial charge is 0.507 e. The van der Waals surface area contributed by atoms with Gasteiger partial charge in [-0.3, -0.25) is 9.59 Å². The second-order valence-corrected chi connectivity index (χ2v) is 10.9. The predicted molar refractivity (Wildman–Crippen MR) is 131 cm³/mol. The summed E-state index contributed by atoms with van der Waals surface area (Å²) in [7, 11) is -2.15. The van der Waals surface area contributed by atoms with E-state index < -0.39 is 27.8 Å². The van der Waals surface area contributed by atoms with Gasteiger partial charge < -0.3 is 14.7 Å². The Morgan fingerprint density at radius 3 is 2.26 bits per heavy atom. The van der Waals surface area contributed by atoms with Crippen molar-refractivity contribution in [2.45, 2.75) is 30.2 Å². The SMILES string of the molecule is COCCN1C(=O)C(=O)C(=C(O)c2ccc(S(=O)(=O)N3CCCCC3)cc2)C1c1ccc(Cl)cc1. The lowest BCUT2D eigenvalue weighted by atomic mass is 9.95. The van der Waals surface area contributed by atoms with Crippen LogP contribution in [0.5, 0.6) is 0 Å². The number of carbonyl (C=O) groups is 2. The summed E-state index contributed by atoms with van der Waals surface area (Å²) in [6, 6.07) is 11.6. The molecule has 1 N–H and O–H groups in total. The quantitative estimate of drug-likeness (QED) is 0.341. The number of halogens is 1. The van der Waals surface area contributed by atoms with Gasteiger partial charge in [0, 0.05) is 37.3 Å². The molecule has 0 spiro atoms. The van der Waals surface area contributed by atoms with Crippen LogP contribution < -0.4 is 0 Å². The number of hydrogen-bond donors (Lipinski definition) is 1. The van der Waals surface area contributed by atoms with E-state index in [0.29, 0.717) is 23.7 Å². The summed E-state index contributed by atoms with van der Waals surface area (Å²) >= 11 is 6.02. The van der Waals surface area contributed by atoms with Gasteiger partial charge in [0.2, 0.25) is 10.0 Å². The highest BCUT2D eigenvalue weighted by molar-refractivity contribution is 7.89. The molecule has 4 rings (SSSR count).